The molecule has 2 saturated carbocycles. The molecule has 20 heteroatoms. The Morgan fingerprint density at radius 2 is 0.848 bits per heavy atom. The van der Waals surface area contributed by atoms with Gasteiger partial charge in [-0.1, -0.05) is 57.2 Å². The average Bonchev–Trinajstić information content (AvgIpc) is 3.58. The van der Waals surface area contributed by atoms with Crippen LogP contribution < -0.4 is 21.3 Å². The average molecular weight is 935 g/mol. The molecule has 8 nitrogen and oxygen atoms in total. The number of fused-ring (bicyclic) bond motifs is 1. The van der Waals surface area contributed by atoms with Crippen LogP contribution in [0.25, 0.3) is 22.3 Å². The third-order valence-corrected chi connectivity index (χ3v) is 14.2. The van der Waals surface area contributed by atoms with Crippen molar-refractivity contribution in [2.24, 2.45) is 52.3 Å². The zero-order chi connectivity index (χ0) is 48.3. The lowest BCUT2D eigenvalue weighted by Gasteiger charge is -2.69. The number of nitrogens with zero attached hydrogens (tertiary/aromatic N) is 2. The van der Waals surface area contributed by atoms with Crippen molar-refractivity contribution < 1.29 is 71.9 Å². The summed E-state index contributed by atoms with van der Waals surface area (Å²) >= 11 is 0. The van der Waals surface area contributed by atoms with Crippen LogP contribution in [0, 0.1) is 52.3 Å². The summed E-state index contributed by atoms with van der Waals surface area (Å²) < 4.78 is 173. The number of rotatable bonds is 4. The first-order valence-corrected chi connectivity index (χ1v) is 20.2. The molecule has 0 radical (unpaired) electrons. The molecule has 0 spiro atoms. The van der Waals surface area contributed by atoms with Gasteiger partial charge >= 0.3 is 24.7 Å². The molecular formula is C46H34F12N4O4. The fourth-order valence-corrected chi connectivity index (χ4v) is 11.7. The van der Waals surface area contributed by atoms with Crippen molar-refractivity contribution in [2.75, 3.05) is 21.3 Å². The lowest BCUT2D eigenvalue weighted by Crippen LogP contribution is -2.71. The minimum atomic E-state index is -5.31. The molecule has 4 fully saturated rings. The minimum Gasteiger partial charge on any atom is -0.399 e. The van der Waals surface area contributed by atoms with E-state index in [0.29, 0.717) is 40.1 Å². The standard InChI is InChI=1S/C46H34F12N4O4/c1-41(2,3)42-13-12-26(32-36(42)40(66)62(37(32)63)21-7-11-25(30(17-21)46(56,57)58)23-9-5-19(60)15-28(23)44(50,51)52)31-33-34(35(31)42)39(65)61(38(33)64)20-6-10-24(29(16-20)45(53,54)55)22-8-4-18(59)14-27(22)43(47,48)49/h4-17,26,31-36H,59-60H2,1-3H3. The van der Waals surface area contributed by atoms with E-state index in [9.17, 15) is 71.9 Å². The van der Waals surface area contributed by atoms with Crippen molar-refractivity contribution in [3.63, 3.8) is 0 Å². The third kappa shape index (κ3) is 6.21. The summed E-state index contributed by atoms with van der Waals surface area (Å²) in [6, 6.07) is 8.53. The second kappa shape index (κ2) is 13.9. The predicted molar refractivity (Wildman–Crippen MR) is 213 cm³/mol. The number of benzene rings is 4. The molecule has 2 bridgehead atoms. The van der Waals surface area contributed by atoms with Gasteiger partial charge in [-0.3, -0.25) is 24.1 Å². The Labute approximate surface area is 366 Å². The van der Waals surface area contributed by atoms with Crippen molar-refractivity contribution in [1.29, 1.82) is 0 Å². The number of amides is 4. The molecule has 2 saturated heterocycles. The van der Waals surface area contributed by atoms with Crippen LogP contribution in [-0.4, -0.2) is 23.6 Å². The van der Waals surface area contributed by atoms with Gasteiger partial charge in [0, 0.05) is 16.8 Å². The van der Waals surface area contributed by atoms with Gasteiger partial charge in [0.15, 0.2) is 0 Å². The molecule has 4 amide bonds. The van der Waals surface area contributed by atoms with Gasteiger partial charge in [0.05, 0.1) is 57.3 Å². The number of alkyl halides is 12. The maximum Gasteiger partial charge on any atom is 0.417 e. The predicted octanol–water partition coefficient (Wildman–Crippen LogP) is 10.6. The van der Waals surface area contributed by atoms with Gasteiger partial charge in [-0.2, -0.15) is 52.7 Å². The van der Waals surface area contributed by atoms with E-state index in [-0.39, 0.29) is 11.4 Å². The molecule has 346 valence electrons. The highest BCUT2D eigenvalue weighted by atomic mass is 19.4. The van der Waals surface area contributed by atoms with Crippen LogP contribution in [0.15, 0.2) is 84.9 Å². The number of hydrogen-bond donors (Lipinski definition) is 2. The summed E-state index contributed by atoms with van der Waals surface area (Å²) in [6.07, 6.45) is -17.6. The topological polar surface area (TPSA) is 127 Å². The molecule has 8 unspecified atom stereocenters. The van der Waals surface area contributed by atoms with E-state index in [1.165, 1.54) is 0 Å². The monoisotopic (exact) mass is 934 g/mol. The number of halogens is 12. The molecule has 4 N–H and O–H groups in total. The Bertz CT molecular complexity index is 2840. The van der Waals surface area contributed by atoms with Crippen LogP contribution in [0.2, 0.25) is 0 Å². The van der Waals surface area contributed by atoms with Crippen molar-refractivity contribution >= 4 is 46.4 Å². The van der Waals surface area contributed by atoms with Crippen LogP contribution in [0.5, 0.6) is 0 Å². The molecule has 8 atom stereocenters. The first-order valence-electron chi connectivity index (χ1n) is 20.2. The van der Waals surface area contributed by atoms with Gasteiger partial charge in [0.25, 0.3) is 0 Å². The van der Waals surface area contributed by atoms with Gasteiger partial charge in [-0.25, -0.2) is 4.90 Å². The fourth-order valence-electron chi connectivity index (χ4n) is 11.7. The summed E-state index contributed by atoms with van der Waals surface area (Å²) in [5, 5.41) is 0. The van der Waals surface area contributed by atoms with E-state index < -0.39 is 156 Å². The van der Waals surface area contributed by atoms with Crippen LogP contribution in [0.4, 0.5) is 75.4 Å². The summed E-state index contributed by atoms with van der Waals surface area (Å²) in [4.78, 5) is 59.4. The highest BCUT2D eigenvalue weighted by Crippen LogP contribution is 2.76. The normalized spacial score (nSPS) is 27.3. The number of carbonyl (C=O) groups is 4. The maximum atomic E-state index is 14.8. The zero-order valence-corrected chi connectivity index (χ0v) is 34.3. The largest absolute Gasteiger partial charge is 0.417 e. The summed E-state index contributed by atoms with van der Waals surface area (Å²) in [5.41, 5.74) is -3.09. The second-order valence-electron chi connectivity index (χ2n) is 18.4. The highest BCUT2D eigenvalue weighted by Gasteiger charge is 2.81. The Morgan fingerprint density at radius 1 is 0.485 bits per heavy atom. The Hall–Kier alpha value is -6.34. The van der Waals surface area contributed by atoms with Gasteiger partial charge < -0.3 is 11.5 Å². The molecule has 4 aliphatic carbocycles. The first-order chi connectivity index (χ1) is 30.4. The fraction of sp³-hybridized carbons (Fsp3) is 0.348. The van der Waals surface area contributed by atoms with Crippen molar-refractivity contribution in [2.45, 2.75) is 45.5 Å². The number of carbonyl (C=O) groups excluding carboxylic acids is 4. The summed E-state index contributed by atoms with van der Waals surface area (Å²) in [7, 11) is 0. The van der Waals surface area contributed by atoms with E-state index in [0.717, 1.165) is 42.5 Å². The molecule has 0 aromatic heterocycles. The molecule has 4 aromatic carbocycles. The second-order valence-corrected chi connectivity index (χ2v) is 18.4. The molecular weight excluding hydrogens is 901 g/mol. The van der Waals surface area contributed by atoms with E-state index in [1.54, 1.807) is 32.9 Å². The van der Waals surface area contributed by atoms with Gasteiger partial charge in [0.1, 0.15) is 0 Å². The van der Waals surface area contributed by atoms with Gasteiger partial charge in [0.2, 0.25) is 23.6 Å². The lowest BCUT2D eigenvalue weighted by atomic mass is 9.31. The third-order valence-electron chi connectivity index (χ3n) is 14.2. The summed E-state index contributed by atoms with van der Waals surface area (Å²) in [6.45, 7) is 5.06. The van der Waals surface area contributed by atoms with Gasteiger partial charge in [-0.05, 0) is 94.0 Å². The number of allylic oxidation sites excluding steroid dienone is 2. The number of anilines is 4. The van der Waals surface area contributed by atoms with E-state index in [1.807, 2.05) is 0 Å². The first kappa shape index (κ1) is 44.8. The molecule has 2 heterocycles. The number of hydrogen-bond acceptors (Lipinski definition) is 6. The van der Waals surface area contributed by atoms with E-state index in [4.69, 9.17) is 11.5 Å². The minimum absolute atomic E-state index is 0.371. The molecule has 6 aliphatic rings. The summed E-state index contributed by atoms with van der Waals surface area (Å²) in [5.74, 6) is -11.8. The number of nitrogens with two attached hydrogens (primary N) is 2. The quantitative estimate of drug-likeness (QED) is 0.0908. The number of nitrogen functional groups attached to an aromatic ring is 2. The van der Waals surface area contributed by atoms with Crippen LogP contribution in [0.1, 0.15) is 43.0 Å². The zero-order valence-electron chi connectivity index (χ0n) is 34.3. The molecule has 4 aromatic rings. The molecule has 66 heavy (non-hydrogen) atoms. The molecule has 10 rings (SSSR count). The number of imide groups is 2. The molecule has 2 aliphatic heterocycles. The van der Waals surface area contributed by atoms with Crippen LogP contribution in [0.3, 0.4) is 0 Å². The van der Waals surface area contributed by atoms with Crippen LogP contribution >= 0.6 is 0 Å². The smallest absolute Gasteiger partial charge is 0.399 e. The maximum absolute atomic E-state index is 14.8. The SMILES string of the molecule is CC(C)(C)C12C=CC(C3C(=O)N(c4ccc(-c5ccc(N)cc5C(F)(F)F)c(C(F)(F)F)c4)C(=O)C31)C1C3C(=O)N(c4ccc(-c5ccc(N)cc5C(F)(F)F)c(C(F)(F)F)c4)C(=O)C3C12. The lowest BCUT2D eigenvalue weighted by molar-refractivity contribution is -0.211. The van der Waals surface area contributed by atoms with E-state index >= 15 is 0 Å². The van der Waals surface area contributed by atoms with Crippen molar-refractivity contribution in [3.05, 3.63) is 107 Å². The Balaban J connectivity index is 1.11. The van der Waals surface area contributed by atoms with E-state index in [2.05, 4.69) is 0 Å². The van der Waals surface area contributed by atoms with Crippen LogP contribution in [-0.2, 0) is 43.9 Å². The van der Waals surface area contributed by atoms with Crippen molar-refractivity contribution in [1.82, 2.24) is 0 Å². The van der Waals surface area contributed by atoms with Crippen molar-refractivity contribution in [3.8, 4) is 22.3 Å². The van der Waals surface area contributed by atoms with Gasteiger partial charge in [-0.15, -0.1) is 0 Å². The Kier molecular flexibility index (Phi) is 9.41. The highest BCUT2D eigenvalue weighted by molar-refractivity contribution is 6.25. The Morgan fingerprint density at radius 3 is 1.26 bits per heavy atom.